The number of unbranched alkanes of at least 4 members (excludes halogenated alkanes) is 16. The summed E-state index contributed by atoms with van der Waals surface area (Å²) in [6.45, 7) is 0. The molecule has 394 valence electrons. The van der Waals surface area contributed by atoms with Crippen LogP contribution in [0.4, 0.5) is 0 Å². The van der Waals surface area contributed by atoms with Crippen LogP contribution in [-0.2, 0) is 0 Å². The minimum absolute atomic E-state index is 0.640. The number of nitrogens with zero attached hydrogens (tertiary/aromatic N) is 4. The summed E-state index contributed by atoms with van der Waals surface area (Å²) in [6, 6.07) is 37.3. The van der Waals surface area contributed by atoms with Crippen LogP contribution in [0.2, 0.25) is 0 Å². The van der Waals surface area contributed by atoms with E-state index >= 15 is 0 Å². The molecule has 0 aliphatic heterocycles. The van der Waals surface area contributed by atoms with Crippen molar-refractivity contribution in [2.45, 2.75) is 148 Å². The van der Waals surface area contributed by atoms with Gasteiger partial charge < -0.3 is 0 Å². The summed E-state index contributed by atoms with van der Waals surface area (Å²) in [5, 5.41) is 40.6. The SMILES string of the molecule is N#CCCCCCCSc1cc(-c2cccs2)sc1-c1ccc(-c2cc(SCCCCCCC#N)c(-c3sc(-c4ccc(-c5sc(-c6cccs6)cc5SCCCCCCC#N)s4)cc3SCCCCCCC#N)s2)s1. The van der Waals surface area contributed by atoms with Gasteiger partial charge in [0.2, 0.25) is 0 Å². The fourth-order valence-electron chi connectivity index (χ4n) is 8.46. The number of hydrogen-bond donors (Lipinski definition) is 0. The lowest BCUT2D eigenvalue weighted by molar-refractivity contribution is 0.681. The Balaban J connectivity index is 1.10. The normalized spacial score (nSPS) is 11.3. The molecule has 8 rings (SSSR count). The molecule has 0 bridgehead atoms. The molecule has 0 N–H and O–H groups in total. The summed E-state index contributed by atoms with van der Waals surface area (Å²) in [5.41, 5.74) is 0. The summed E-state index contributed by atoms with van der Waals surface area (Å²) in [4.78, 5) is 24.3. The van der Waals surface area contributed by atoms with Gasteiger partial charge >= 0.3 is 0 Å². The van der Waals surface area contributed by atoms with Crippen molar-refractivity contribution >= 4 is 138 Å². The molecule has 0 aromatic carbocycles. The van der Waals surface area contributed by atoms with Crippen LogP contribution in [0.5, 0.6) is 0 Å². The molecule has 76 heavy (non-hydrogen) atoms. The Morgan fingerprint density at radius 1 is 0.289 bits per heavy atom. The van der Waals surface area contributed by atoms with Crippen molar-refractivity contribution in [3.8, 4) is 92.6 Å². The minimum atomic E-state index is 0.640. The van der Waals surface area contributed by atoms with Crippen LogP contribution in [0.3, 0.4) is 0 Å². The highest BCUT2D eigenvalue weighted by molar-refractivity contribution is 8.00. The van der Waals surface area contributed by atoms with Gasteiger partial charge in [-0.2, -0.15) is 21.0 Å². The fourth-order valence-corrected chi connectivity index (χ4v) is 22.7. The van der Waals surface area contributed by atoms with Crippen LogP contribution in [-0.4, -0.2) is 23.0 Å². The topological polar surface area (TPSA) is 95.2 Å². The van der Waals surface area contributed by atoms with E-state index in [0.29, 0.717) is 25.7 Å². The Hall–Kier alpha value is -3.04. The van der Waals surface area contributed by atoms with E-state index in [4.69, 9.17) is 21.0 Å². The molecule has 4 nitrogen and oxygen atoms in total. The smallest absolute Gasteiger partial charge is 0.0621 e. The molecular formula is C60H62N4S12. The van der Waals surface area contributed by atoms with Gasteiger partial charge in [0.15, 0.2) is 0 Å². The maximum Gasteiger partial charge on any atom is 0.0621 e. The van der Waals surface area contributed by atoms with Gasteiger partial charge in [0, 0.05) is 94.0 Å². The van der Waals surface area contributed by atoms with E-state index in [2.05, 4.69) is 108 Å². The molecule has 8 heterocycles. The van der Waals surface area contributed by atoms with Crippen LogP contribution in [0.1, 0.15) is 128 Å². The van der Waals surface area contributed by atoms with Crippen LogP contribution in [0.25, 0.3) is 68.3 Å². The Kier molecular flexibility index (Phi) is 25.6. The van der Waals surface area contributed by atoms with E-state index in [1.807, 2.05) is 138 Å². The molecule has 0 saturated carbocycles. The summed E-state index contributed by atoms with van der Waals surface area (Å²) in [7, 11) is 0. The van der Waals surface area contributed by atoms with E-state index < -0.39 is 0 Å². The second-order valence-electron chi connectivity index (χ2n) is 18.2. The highest BCUT2D eigenvalue weighted by Crippen LogP contribution is 2.55. The van der Waals surface area contributed by atoms with E-state index in [1.165, 1.54) is 101 Å². The Morgan fingerprint density at radius 3 is 0.895 bits per heavy atom. The van der Waals surface area contributed by atoms with Crippen molar-refractivity contribution in [3.63, 3.8) is 0 Å². The lowest BCUT2D eigenvalue weighted by Gasteiger charge is -2.06. The molecule has 0 fully saturated rings. The summed E-state index contributed by atoms with van der Waals surface area (Å²) >= 11 is 23.3. The predicted molar refractivity (Wildman–Crippen MR) is 345 cm³/mol. The van der Waals surface area contributed by atoms with E-state index in [9.17, 15) is 0 Å². The van der Waals surface area contributed by atoms with Crippen LogP contribution >= 0.6 is 138 Å². The first kappa shape index (κ1) is 59.1. The third-order valence-electron chi connectivity index (χ3n) is 12.4. The highest BCUT2D eigenvalue weighted by Gasteiger charge is 2.24. The van der Waals surface area contributed by atoms with Crippen LogP contribution in [0.15, 0.2) is 103 Å². The maximum absolute atomic E-state index is 9.14. The van der Waals surface area contributed by atoms with Crippen molar-refractivity contribution < 1.29 is 0 Å². The lowest BCUT2D eigenvalue weighted by atomic mass is 10.2. The van der Waals surface area contributed by atoms with Gasteiger partial charge in [0.05, 0.1) is 43.8 Å². The van der Waals surface area contributed by atoms with Crippen molar-refractivity contribution in [1.29, 1.82) is 21.0 Å². The second kappa shape index (κ2) is 32.9. The van der Waals surface area contributed by atoms with Crippen molar-refractivity contribution in [3.05, 3.63) is 83.6 Å². The van der Waals surface area contributed by atoms with Crippen LogP contribution in [0, 0.1) is 45.3 Å². The lowest BCUT2D eigenvalue weighted by Crippen LogP contribution is -1.84. The zero-order chi connectivity index (χ0) is 52.6. The van der Waals surface area contributed by atoms with E-state index in [-0.39, 0.29) is 0 Å². The number of nitriles is 4. The molecule has 8 aromatic rings. The quantitative estimate of drug-likeness (QED) is 0.0286. The molecule has 0 amide bonds. The molecule has 0 atom stereocenters. The van der Waals surface area contributed by atoms with Gasteiger partial charge in [-0.05, 0) is 146 Å². The molecule has 16 heteroatoms. The average molecular weight is 1220 g/mol. The maximum atomic E-state index is 9.14. The van der Waals surface area contributed by atoms with Crippen molar-refractivity contribution in [2.75, 3.05) is 23.0 Å². The summed E-state index contributed by atoms with van der Waals surface area (Å²) in [6.07, 6.45) is 20.2. The molecule has 8 aromatic heterocycles. The molecule has 0 radical (unpaired) electrons. The number of thiophene rings is 8. The highest BCUT2D eigenvalue weighted by atomic mass is 32.2. The molecular weight excluding hydrogens is 1160 g/mol. The molecule has 0 spiro atoms. The van der Waals surface area contributed by atoms with Gasteiger partial charge in [0.1, 0.15) is 0 Å². The van der Waals surface area contributed by atoms with Gasteiger partial charge in [-0.15, -0.1) is 138 Å². The Morgan fingerprint density at radius 2 is 0.579 bits per heavy atom. The molecule has 0 saturated heterocycles. The monoisotopic (exact) mass is 1220 g/mol. The largest absolute Gasteiger partial charge is 0.198 e. The van der Waals surface area contributed by atoms with Gasteiger partial charge in [-0.25, -0.2) is 0 Å². The second-order valence-corrected chi connectivity index (χ2v) is 31.0. The van der Waals surface area contributed by atoms with Gasteiger partial charge in [0.25, 0.3) is 0 Å². The Bertz CT molecular complexity index is 2940. The zero-order valence-corrected chi connectivity index (χ0v) is 52.5. The third kappa shape index (κ3) is 17.5. The van der Waals surface area contributed by atoms with Crippen molar-refractivity contribution in [2.24, 2.45) is 0 Å². The van der Waals surface area contributed by atoms with E-state index in [1.54, 1.807) is 0 Å². The standard InChI is InChI=1S/C60H62N4S12/c61-29-13-5-1-9-17-33-67-53-39-49(43-23-21-37-65-43)73-57(53)47-27-25-45(71-47)51-41-55(69-35-19-11-3-7-15-31-63)59(75-51)60-56(70-36-20-12-4-8-16-32-64)42-52(76-60)46-26-28-48(72-46)58-54(68-34-18-10-2-6-14-30-62)40-50(74-58)44-24-22-38-66-44/h21-28,37-42H,1-20,33-36H2. The van der Waals surface area contributed by atoms with Crippen molar-refractivity contribution in [1.82, 2.24) is 0 Å². The number of rotatable bonds is 35. The third-order valence-corrected chi connectivity index (χ3v) is 27.2. The van der Waals surface area contributed by atoms with Gasteiger partial charge in [-0.3, -0.25) is 0 Å². The first-order valence-electron chi connectivity index (χ1n) is 26.4. The zero-order valence-electron chi connectivity index (χ0n) is 42.7. The first-order chi connectivity index (χ1) is 37.6. The Labute approximate surface area is 500 Å². The van der Waals surface area contributed by atoms with Gasteiger partial charge in [-0.1, -0.05) is 63.5 Å². The van der Waals surface area contributed by atoms with Crippen LogP contribution < -0.4 is 0 Å². The predicted octanol–water partition coefficient (Wildman–Crippen LogP) is 24.1. The number of hydrogen-bond acceptors (Lipinski definition) is 16. The fraction of sp³-hybridized carbons (Fsp3) is 0.400. The molecule has 0 aliphatic rings. The summed E-state index contributed by atoms with van der Waals surface area (Å²) < 4.78 is 0. The van der Waals surface area contributed by atoms with E-state index in [0.717, 1.165) is 113 Å². The molecule has 0 unspecified atom stereocenters. The number of thioether (sulfide) groups is 4. The summed E-state index contributed by atoms with van der Waals surface area (Å²) in [5.74, 6) is 4.27. The minimum Gasteiger partial charge on any atom is -0.198 e. The average Bonchev–Trinajstić information content (AvgIpc) is 4.29. The molecule has 0 aliphatic carbocycles. The first-order valence-corrected chi connectivity index (χ1v) is 37.0.